The molecule has 24 heavy (non-hydrogen) atoms. The van der Waals surface area contributed by atoms with Crippen LogP contribution in [0.5, 0.6) is 0 Å². The molecule has 5 nitrogen and oxygen atoms in total. The average Bonchev–Trinajstić information content (AvgIpc) is 3.18. The molecule has 1 aliphatic heterocycles. The summed E-state index contributed by atoms with van der Waals surface area (Å²) in [4.78, 5) is 19.1. The molecule has 0 atom stereocenters. The summed E-state index contributed by atoms with van der Waals surface area (Å²) in [5.74, 6) is 2.10. The van der Waals surface area contributed by atoms with Crippen molar-refractivity contribution in [2.45, 2.75) is 39.3 Å². The summed E-state index contributed by atoms with van der Waals surface area (Å²) in [6.45, 7) is 5.73. The first-order chi connectivity index (χ1) is 11.6. The van der Waals surface area contributed by atoms with E-state index < -0.39 is 0 Å². The van der Waals surface area contributed by atoms with E-state index in [4.69, 9.17) is 4.42 Å². The maximum absolute atomic E-state index is 12.7. The number of oxazole rings is 1. The lowest BCUT2D eigenvalue weighted by Crippen LogP contribution is -2.37. The molecule has 0 fully saturated rings. The highest BCUT2D eigenvalue weighted by atomic mass is 16.4. The molecule has 1 aliphatic rings. The number of fused-ring (bicyclic) bond motifs is 2. The number of nitrogens with zero attached hydrogens (tertiary/aromatic N) is 3. The highest BCUT2D eigenvalue weighted by Gasteiger charge is 2.26. The zero-order chi connectivity index (χ0) is 16.7. The summed E-state index contributed by atoms with van der Waals surface area (Å²) in [7, 11) is 0. The summed E-state index contributed by atoms with van der Waals surface area (Å²) < 4.78 is 7.81. The van der Waals surface area contributed by atoms with E-state index in [0.717, 1.165) is 34.7 Å². The maximum Gasteiger partial charge on any atom is 0.242 e. The fourth-order valence-electron chi connectivity index (χ4n) is 3.20. The third-order valence-corrected chi connectivity index (χ3v) is 4.58. The van der Waals surface area contributed by atoms with Gasteiger partial charge in [-0.3, -0.25) is 4.79 Å². The predicted molar refractivity (Wildman–Crippen MR) is 91.7 cm³/mol. The molecular formula is C19H21N3O2. The van der Waals surface area contributed by atoms with E-state index in [9.17, 15) is 4.79 Å². The molecule has 3 aromatic rings. The fourth-order valence-corrected chi connectivity index (χ4v) is 3.20. The van der Waals surface area contributed by atoms with Gasteiger partial charge in [0, 0.05) is 30.6 Å². The minimum Gasteiger partial charge on any atom is -0.445 e. The van der Waals surface area contributed by atoms with Crippen LogP contribution in [0.15, 0.2) is 40.9 Å². The summed E-state index contributed by atoms with van der Waals surface area (Å²) >= 11 is 0. The summed E-state index contributed by atoms with van der Waals surface area (Å²) in [6.07, 6.45) is 2.72. The van der Waals surface area contributed by atoms with Crippen LogP contribution in [0.1, 0.15) is 37.1 Å². The summed E-state index contributed by atoms with van der Waals surface area (Å²) in [6, 6.07) is 10.2. The standard InChI is InChI=1S/C19H21N3O2/c1-13(2)19-20-15-11-22(10-8-17(15)24-19)18(23)12-21-9-7-14-5-3-4-6-16(14)21/h3-7,9,13H,8,10-12H2,1-2H3. The van der Waals surface area contributed by atoms with E-state index in [1.807, 2.05) is 39.9 Å². The van der Waals surface area contributed by atoms with Crippen LogP contribution < -0.4 is 0 Å². The molecule has 0 spiro atoms. The fraction of sp³-hybridized carbons (Fsp3) is 0.368. The Hall–Kier alpha value is -2.56. The topological polar surface area (TPSA) is 51.3 Å². The van der Waals surface area contributed by atoms with Crippen molar-refractivity contribution in [2.24, 2.45) is 0 Å². The second kappa shape index (κ2) is 5.82. The van der Waals surface area contributed by atoms with Gasteiger partial charge in [0.1, 0.15) is 18.0 Å². The number of hydrogen-bond acceptors (Lipinski definition) is 3. The van der Waals surface area contributed by atoms with E-state index in [2.05, 4.69) is 24.9 Å². The number of benzene rings is 1. The molecular weight excluding hydrogens is 302 g/mol. The number of rotatable bonds is 3. The lowest BCUT2D eigenvalue weighted by molar-refractivity contribution is -0.132. The molecule has 3 heterocycles. The molecule has 124 valence electrons. The van der Waals surface area contributed by atoms with Crippen LogP contribution in [-0.4, -0.2) is 26.9 Å². The Kier molecular flexibility index (Phi) is 3.63. The van der Waals surface area contributed by atoms with E-state index in [1.54, 1.807) is 0 Å². The zero-order valence-corrected chi connectivity index (χ0v) is 14.0. The summed E-state index contributed by atoms with van der Waals surface area (Å²) in [5, 5.41) is 1.16. The normalized spacial score (nSPS) is 14.4. The van der Waals surface area contributed by atoms with Crippen LogP contribution in [-0.2, 0) is 24.3 Å². The number of aromatic nitrogens is 2. The first-order valence-corrected chi connectivity index (χ1v) is 8.42. The SMILES string of the molecule is CC(C)c1nc2c(o1)CCN(C(=O)Cn1ccc3ccccc31)C2. The Labute approximate surface area is 140 Å². The molecule has 0 radical (unpaired) electrons. The molecule has 4 rings (SSSR count). The maximum atomic E-state index is 12.7. The van der Waals surface area contributed by atoms with Crippen molar-refractivity contribution < 1.29 is 9.21 Å². The zero-order valence-electron chi connectivity index (χ0n) is 14.0. The van der Waals surface area contributed by atoms with Gasteiger partial charge < -0.3 is 13.9 Å². The number of para-hydroxylation sites is 1. The van der Waals surface area contributed by atoms with Crippen molar-refractivity contribution in [3.63, 3.8) is 0 Å². The van der Waals surface area contributed by atoms with Gasteiger partial charge in [-0.05, 0) is 17.5 Å². The van der Waals surface area contributed by atoms with E-state index in [-0.39, 0.29) is 11.8 Å². The van der Waals surface area contributed by atoms with E-state index >= 15 is 0 Å². The van der Waals surface area contributed by atoms with Crippen molar-refractivity contribution in [2.75, 3.05) is 6.54 Å². The van der Waals surface area contributed by atoms with Gasteiger partial charge in [-0.25, -0.2) is 4.98 Å². The van der Waals surface area contributed by atoms with Crippen LogP contribution in [0.3, 0.4) is 0 Å². The minimum absolute atomic E-state index is 0.121. The quantitative estimate of drug-likeness (QED) is 0.743. The molecule has 2 aromatic heterocycles. The van der Waals surface area contributed by atoms with Gasteiger partial charge in [-0.15, -0.1) is 0 Å². The Morgan fingerprint density at radius 3 is 2.96 bits per heavy atom. The van der Waals surface area contributed by atoms with Gasteiger partial charge >= 0.3 is 0 Å². The molecule has 1 aromatic carbocycles. The monoisotopic (exact) mass is 323 g/mol. The van der Waals surface area contributed by atoms with Crippen molar-refractivity contribution in [3.8, 4) is 0 Å². The van der Waals surface area contributed by atoms with Crippen LogP contribution >= 0.6 is 0 Å². The molecule has 0 saturated heterocycles. The van der Waals surface area contributed by atoms with Crippen molar-refractivity contribution in [3.05, 3.63) is 53.9 Å². The first-order valence-electron chi connectivity index (χ1n) is 8.42. The summed E-state index contributed by atoms with van der Waals surface area (Å²) in [5.41, 5.74) is 2.00. The predicted octanol–water partition coefficient (Wildman–Crippen LogP) is 3.34. The van der Waals surface area contributed by atoms with Gasteiger partial charge in [-0.2, -0.15) is 0 Å². The van der Waals surface area contributed by atoms with Gasteiger partial charge in [0.05, 0.1) is 6.54 Å². The molecule has 0 aliphatic carbocycles. The Bertz CT molecular complexity index is 891. The smallest absolute Gasteiger partial charge is 0.242 e. The third kappa shape index (κ3) is 2.60. The van der Waals surface area contributed by atoms with Crippen molar-refractivity contribution in [1.29, 1.82) is 0 Å². The van der Waals surface area contributed by atoms with Crippen molar-refractivity contribution >= 4 is 16.8 Å². The van der Waals surface area contributed by atoms with Crippen LogP contribution in [0, 0.1) is 0 Å². The minimum atomic E-state index is 0.121. The molecule has 0 N–H and O–H groups in total. The van der Waals surface area contributed by atoms with E-state index in [1.165, 1.54) is 0 Å². The number of carbonyl (C=O) groups excluding carboxylic acids is 1. The Morgan fingerprint density at radius 2 is 2.12 bits per heavy atom. The number of amides is 1. The van der Waals surface area contributed by atoms with Crippen molar-refractivity contribution in [1.82, 2.24) is 14.5 Å². The van der Waals surface area contributed by atoms with Gasteiger partial charge in [0.25, 0.3) is 0 Å². The largest absolute Gasteiger partial charge is 0.445 e. The molecule has 0 saturated carbocycles. The van der Waals surface area contributed by atoms with Gasteiger partial charge in [0.2, 0.25) is 5.91 Å². The molecule has 1 amide bonds. The average molecular weight is 323 g/mol. The molecule has 5 heteroatoms. The van der Waals surface area contributed by atoms with Crippen LogP contribution in [0.4, 0.5) is 0 Å². The molecule has 0 bridgehead atoms. The van der Waals surface area contributed by atoms with Crippen LogP contribution in [0.25, 0.3) is 10.9 Å². The number of hydrogen-bond donors (Lipinski definition) is 0. The molecule has 0 unspecified atom stereocenters. The lowest BCUT2D eigenvalue weighted by atomic mass is 10.1. The first kappa shape index (κ1) is 15.0. The Balaban J connectivity index is 1.51. The number of carbonyl (C=O) groups is 1. The highest BCUT2D eigenvalue weighted by Crippen LogP contribution is 2.24. The van der Waals surface area contributed by atoms with Crippen LogP contribution in [0.2, 0.25) is 0 Å². The second-order valence-electron chi connectivity index (χ2n) is 6.64. The van der Waals surface area contributed by atoms with Gasteiger partial charge in [0.15, 0.2) is 5.89 Å². The van der Waals surface area contributed by atoms with E-state index in [0.29, 0.717) is 19.6 Å². The lowest BCUT2D eigenvalue weighted by Gasteiger charge is -2.25. The third-order valence-electron chi connectivity index (χ3n) is 4.58. The second-order valence-corrected chi connectivity index (χ2v) is 6.64. The Morgan fingerprint density at radius 1 is 1.29 bits per heavy atom. The highest BCUT2D eigenvalue weighted by molar-refractivity contribution is 5.83. The van der Waals surface area contributed by atoms with Gasteiger partial charge in [-0.1, -0.05) is 32.0 Å².